The topological polar surface area (TPSA) is 37.0 Å². The van der Waals surface area contributed by atoms with Crippen LogP contribution in [0.15, 0.2) is 12.1 Å². The van der Waals surface area contributed by atoms with Crippen LogP contribution >= 0.6 is 0 Å². The van der Waals surface area contributed by atoms with E-state index in [-0.39, 0.29) is 0 Å². The van der Waals surface area contributed by atoms with Gasteiger partial charge < -0.3 is 10.6 Å². The molecule has 0 saturated heterocycles. The summed E-state index contributed by atoms with van der Waals surface area (Å²) in [7, 11) is 0. The lowest BCUT2D eigenvalue weighted by Gasteiger charge is -2.10. The van der Waals surface area contributed by atoms with E-state index in [0.29, 0.717) is 5.92 Å². The Morgan fingerprint density at radius 2 is 2.06 bits per heavy atom. The second-order valence-corrected chi connectivity index (χ2v) is 4.50. The van der Waals surface area contributed by atoms with Crippen LogP contribution in [0.3, 0.4) is 0 Å². The summed E-state index contributed by atoms with van der Waals surface area (Å²) in [6.07, 6.45) is 0. The summed E-state index contributed by atoms with van der Waals surface area (Å²) in [5.74, 6) is 1.65. The van der Waals surface area contributed by atoms with Gasteiger partial charge in [-0.2, -0.15) is 0 Å². The second kappa shape index (κ2) is 6.48. The summed E-state index contributed by atoms with van der Waals surface area (Å²) in [5, 5.41) is 6.65. The Hall–Kier alpha value is -1.09. The Kier molecular flexibility index (Phi) is 5.26. The molecule has 0 aliphatic rings. The molecule has 1 aromatic rings. The zero-order valence-electron chi connectivity index (χ0n) is 10.8. The fourth-order valence-corrected chi connectivity index (χ4v) is 1.55. The van der Waals surface area contributed by atoms with Gasteiger partial charge in [0, 0.05) is 18.8 Å². The van der Waals surface area contributed by atoms with Crippen LogP contribution in [-0.2, 0) is 6.54 Å². The van der Waals surface area contributed by atoms with Crippen LogP contribution in [0.4, 0.5) is 5.82 Å². The van der Waals surface area contributed by atoms with Crippen LogP contribution < -0.4 is 10.6 Å². The maximum absolute atomic E-state index is 4.51. The second-order valence-electron chi connectivity index (χ2n) is 4.50. The lowest BCUT2D eigenvalue weighted by Crippen LogP contribution is -2.19. The van der Waals surface area contributed by atoms with Gasteiger partial charge in [0.25, 0.3) is 0 Å². The molecule has 90 valence electrons. The van der Waals surface area contributed by atoms with Crippen molar-refractivity contribution in [1.82, 2.24) is 10.3 Å². The van der Waals surface area contributed by atoms with Gasteiger partial charge in [0.1, 0.15) is 5.82 Å². The number of aryl methyl sites for hydroxylation is 1. The minimum Gasteiger partial charge on any atom is -0.370 e. The highest BCUT2D eigenvalue weighted by atomic mass is 15.0. The largest absolute Gasteiger partial charge is 0.370 e. The van der Waals surface area contributed by atoms with Gasteiger partial charge in [-0.25, -0.2) is 4.98 Å². The standard InChI is InChI=1S/C13H23N3/c1-5-15-13-7-6-12(11(4)16-13)9-14-8-10(2)3/h6-7,10,14H,5,8-9H2,1-4H3,(H,15,16). The smallest absolute Gasteiger partial charge is 0.126 e. The molecule has 1 rings (SSSR count). The van der Waals surface area contributed by atoms with Crippen LogP contribution in [0.1, 0.15) is 32.0 Å². The van der Waals surface area contributed by atoms with Crippen LogP contribution in [-0.4, -0.2) is 18.1 Å². The molecule has 0 unspecified atom stereocenters. The summed E-state index contributed by atoms with van der Waals surface area (Å²) in [6, 6.07) is 4.19. The average Bonchev–Trinajstić information content (AvgIpc) is 2.21. The van der Waals surface area contributed by atoms with Crippen molar-refractivity contribution in [2.75, 3.05) is 18.4 Å². The van der Waals surface area contributed by atoms with Crippen LogP contribution in [0.25, 0.3) is 0 Å². The fraction of sp³-hybridized carbons (Fsp3) is 0.615. The molecular formula is C13H23N3. The van der Waals surface area contributed by atoms with Gasteiger partial charge in [-0.1, -0.05) is 19.9 Å². The molecule has 1 aromatic heterocycles. The van der Waals surface area contributed by atoms with Gasteiger partial charge in [0.2, 0.25) is 0 Å². The Bertz CT molecular complexity index is 321. The molecule has 0 aliphatic carbocycles. The summed E-state index contributed by atoms with van der Waals surface area (Å²) in [5.41, 5.74) is 2.39. The highest BCUT2D eigenvalue weighted by molar-refractivity contribution is 5.38. The molecular weight excluding hydrogens is 198 g/mol. The number of anilines is 1. The highest BCUT2D eigenvalue weighted by Crippen LogP contribution is 2.10. The third-order valence-corrected chi connectivity index (χ3v) is 2.42. The van der Waals surface area contributed by atoms with Crippen molar-refractivity contribution in [2.24, 2.45) is 5.92 Å². The fourth-order valence-electron chi connectivity index (χ4n) is 1.55. The molecule has 3 heteroatoms. The number of pyridine rings is 1. The minimum absolute atomic E-state index is 0.689. The average molecular weight is 221 g/mol. The SMILES string of the molecule is CCNc1ccc(CNCC(C)C)c(C)n1. The molecule has 0 aromatic carbocycles. The van der Waals surface area contributed by atoms with Gasteiger partial charge >= 0.3 is 0 Å². The maximum atomic E-state index is 4.51. The molecule has 1 heterocycles. The van der Waals surface area contributed by atoms with Crippen LogP contribution in [0.5, 0.6) is 0 Å². The van der Waals surface area contributed by atoms with Crippen LogP contribution in [0, 0.1) is 12.8 Å². The number of rotatable bonds is 6. The van der Waals surface area contributed by atoms with E-state index in [9.17, 15) is 0 Å². The molecule has 3 nitrogen and oxygen atoms in total. The molecule has 0 saturated carbocycles. The Balaban J connectivity index is 2.54. The Morgan fingerprint density at radius 1 is 1.31 bits per heavy atom. The maximum Gasteiger partial charge on any atom is 0.126 e. The molecule has 0 radical (unpaired) electrons. The number of nitrogens with zero attached hydrogens (tertiary/aromatic N) is 1. The lowest BCUT2D eigenvalue weighted by molar-refractivity contribution is 0.551. The number of hydrogen-bond donors (Lipinski definition) is 2. The zero-order chi connectivity index (χ0) is 12.0. The molecule has 0 spiro atoms. The van der Waals surface area contributed by atoms with E-state index < -0.39 is 0 Å². The Morgan fingerprint density at radius 3 is 2.62 bits per heavy atom. The predicted molar refractivity (Wildman–Crippen MR) is 69.7 cm³/mol. The summed E-state index contributed by atoms with van der Waals surface area (Å²) in [4.78, 5) is 4.51. The third-order valence-electron chi connectivity index (χ3n) is 2.42. The first-order valence-electron chi connectivity index (χ1n) is 6.04. The van der Waals surface area contributed by atoms with E-state index in [1.165, 1.54) is 5.56 Å². The predicted octanol–water partition coefficient (Wildman–Crippen LogP) is 2.57. The number of nitrogens with one attached hydrogen (secondary N) is 2. The van der Waals surface area contributed by atoms with Crippen molar-refractivity contribution in [3.8, 4) is 0 Å². The lowest BCUT2D eigenvalue weighted by atomic mass is 10.2. The minimum atomic E-state index is 0.689. The van der Waals surface area contributed by atoms with Crippen molar-refractivity contribution in [1.29, 1.82) is 0 Å². The van der Waals surface area contributed by atoms with Gasteiger partial charge in [0.05, 0.1) is 0 Å². The quantitative estimate of drug-likeness (QED) is 0.775. The van der Waals surface area contributed by atoms with E-state index in [1.54, 1.807) is 0 Å². The van der Waals surface area contributed by atoms with Gasteiger partial charge in [-0.15, -0.1) is 0 Å². The van der Waals surface area contributed by atoms with Crippen molar-refractivity contribution >= 4 is 5.82 Å². The summed E-state index contributed by atoms with van der Waals surface area (Å²) < 4.78 is 0. The van der Waals surface area contributed by atoms with E-state index in [4.69, 9.17) is 0 Å². The molecule has 0 aliphatic heterocycles. The van der Waals surface area contributed by atoms with Gasteiger partial charge in [-0.3, -0.25) is 0 Å². The molecule has 16 heavy (non-hydrogen) atoms. The van der Waals surface area contributed by atoms with Crippen molar-refractivity contribution in [3.63, 3.8) is 0 Å². The van der Waals surface area contributed by atoms with E-state index in [0.717, 1.165) is 31.1 Å². The monoisotopic (exact) mass is 221 g/mol. The third kappa shape index (κ3) is 4.19. The summed E-state index contributed by atoms with van der Waals surface area (Å²) in [6.45, 7) is 11.4. The highest BCUT2D eigenvalue weighted by Gasteiger charge is 2.01. The Labute approximate surface area is 98.7 Å². The van der Waals surface area contributed by atoms with Crippen molar-refractivity contribution in [3.05, 3.63) is 23.4 Å². The summed E-state index contributed by atoms with van der Waals surface area (Å²) >= 11 is 0. The first kappa shape index (κ1) is 13.0. The molecule has 2 N–H and O–H groups in total. The van der Waals surface area contributed by atoms with Crippen molar-refractivity contribution in [2.45, 2.75) is 34.2 Å². The van der Waals surface area contributed by atoms with Gasteiger partial charge in [0.15, 0.2) is 0 Å². The van der Waals surface area contributed by atoms with Gasteiger partial charge in [-0.05, 0) is 37.9 Å². The van der Waals surface area contributed by atoms with E-state index >= 15 is 0 Å². The molecule has 0 fully saturated rings. The molecule has 0 bridgehead atoms. The molecule has 0 amide bonds. The normalized spacial score (nSPS) is 10.8. The number of hydrogen-bond acceptors (Lipinski definition) is 3. The number of aromatic nitrogens is 1. The van der Waals surface area contributed by atoms with Crippen molar-refractivity contribution < 1.29 is 0 Å². The zero-order valence-corrected chi connectivity index (χ0v) is 10.8. The first-order valence-corrected chi connectivity index (χ1v) is 6.04. The van der Waals surface area contributed by atoms with E-state index in [1.807, 2.05) is 6.07 Å². The van der Waals surface area contributed by atoms with Crippen LogP contribution in [0.2, 0.25) is 0 Å². The first-order chi connectivity index (χ1) is 7.63. The van der Waals surface area contributed by atoms with E-state index in [2.05, 4.69) is 49.4 Å². The molecule has 0 atom stereocenters.